The molecule has 0 fully saturated rings. The molecule has 37 valence electrons. The van der Waals surface area contributed by atoms with Crippen molar-refractivity contribution in [1.29, 1.82) is 5.26 Å². The Morgan fingerprint density at radius 3 is 1.00 bits per heavy atom. The molecule has 0 bridgehead atoms. The van der Waals surface area contributed by atoms with E-state index in [1.807, 2.05) is 0 Å². The van der Waals surface area contributed by atoms with Crippen molar-refractivity contribution in [1.82, 2.24) is 0 Å². The zero-order chi connectivity index (χ0) is 2.00. The van der Waals surface area contributed by atoms with Crippen LogP contribution in [-0.2, 0) is 22.4 Å². The first-order valence-electron chi connectivity index (χ1n) is 0.258. The minimum Gasteiger partial charge on any atom is -0.358 e. The summed E-state index contributed by atoms with van der Waals surface area (Å²) in [5.41, 5.74) is 0. The monoisotopic (exact) mass is 254 g/mol. The predicted octanol–water partition coefficient (Wildman–Crippen LogP) is 1.04. The average molecular weight is 254 g/mol. The van der Waals surface area contributed by atoms with Crippen LogP contribution in [0.4, 0.5) is 0 Å². The van der Waals surface area contributed by atoms with Crippen LogP contribution in [0.25, 0.3) is 0 Å². The molecule has 1 radical (unpaired) electrons. The van der Waals surface area contributed by atoms with Crippen molar-refractivity contribution < 1.29 is 22.4 Å². The third kappa shape index (κ3) is 397. The molecular formula is C3H7AuN-2. The van der Waals surface area contributed by atoms with Gasteiger partial charge in [0.25, 0.3) is 0 Å². The van der Waals surface area contributed by atoms with Gasteiger partial charge in [-0.15, -0.1) is 0 Å². The van der Waals surface area contributed by atoms with Crippen molar-refractivity contribution in [2.75, 3.05) is 0 Å². The molecule has 0 aliphatic heterocycles. The van der Waals surface area contributed by atoms with Gasteiger partial charge in [-0.25, -0.2) is 5.26 Å². The molecule has 0 aliphatic rings. The van der Waals surface area contributed by atoms with Crippen LogP contribution in [0, 0.1) is 26.7 Å². The fourth-order valence-corrected chi connectivity index (χ4v) is 0. The molecular weight excluding hydrogens is 247 g/mol. The maximum atomic E-state index is 6.50. The maximum absolute atomic E-state index is 6.50. The van der Waals surface area contributed by atoms with E-state index in [1.54, 1.807) is 0 Å². The molecule has 0 aromatic carbocycles. The number of hydrogen-bond acceptors (Lipinski definition) is 1. The molecule has 0 N–H and O–H groups in total. The Morgan fingerprint density at radius 2 is 1.00 bits per heavy atom. The van der Waals surface area contributed by atoms with Crippen molar-refractivity contribution in [2.45, 2.75) is 0 Å². The van der Waals surface area contributed by atoms with Gasteiger partial charge in [-0.2, -0.15) is 0 Å². The zero-order valence-electron chi connectivity index (χ0n) is 3.33. The van der Waals surface area contributed by atoms with Crippen LogP contribution >= 0.6 is 0 Å². The summed E-state index contributed by atoms with van der Waals surface area (Å²) < 4.78 is 0. The van der Waals surface area contributed by atoms with Crippen molar-refractivity contribution in [3.8, 4) is 6.57 Å². The summed E-state index contributed by atoms with van der Waals surface area (Å²) in [6, 6.07) is 0. The molecule has 0 aromatic heterocycles. The normalized spacial score (nSPS) is 0.400. The first-order chi connectivity index (χ1) is 1.00. The molecule has 0 spiro atoms. The third-order valence-corrected chi connectivity index (χ3v) is 0. The van der Waals surface area contributed by atoms with Crippen molar-refractivity contribution in [3.05, 3.63) is 14.9 Å². The summed E-state index contributed by atoms with van der Waals surface area (Å²) in [5, 5.41) is 6.50. The largest absolute Gasteiger partial charge is 0.358 e. The van der Waals surface area contributed by atoms with Crippen molar-refractivity contribution in [2.24, 2.45) is 0 Å². The van der Waals surface area contributed by atoms with Crippen LogP contribution < -0.4 is 0 Å². The van der Waals surface area contributed by atoms with Crippen LogP contribution in [0.3, 0.4) is 0 Å². The van der Waals surface area contributed by atoms with Gasteiger partial charge in [0.2, 0.25) is 0 Å². The summed E-state index contributed by atoms with van der Waals surface area (Å²) in [6.07, 6.45) is 0. The van der Waals surface area contributed by atoms with E-state index in [0.717, 1.165) is 0 Å². The number of nitriles is 1. The van der Waals surface area contributed by atoms with Crippen LogP contribution in [0.5, 0.6) is 0 Å². The second kappa shape index (κ2) is 833. The topological polar surface area (TPSA) is 23.8 Å². The van der Waals surface area contributed by atoms with Crippen LogP contribution in [0.15, 0.2) is 0 Å². The molecule has 1 nitrogen and oxygen atoms in total. The Bertz CT molecular complexity index is 11.6. The number of nitrogens with zero attached hydrogens (tertiary/aromatic N) is 1. The summed E-state index contributed by atoms with van der Waals surface area (Å²) >= 11 is 0. The van der Waals surface area contributed by atoms with Gasteiger partial charge in [-0.05, 0) is 0 Å². The van der Waals surface area contributed by atoms with E-state index in [1.165, 1.54) is 0 Å². The zero-order valence-corrected chi connectivity index (χ0v) is 5.49. The van der Waals surface area contributed by atoms with E-state index >= 15 is 0 Å². The Labute approximate surface area is 49.5 Å². The first-order valence-corrected chi connectivity index (χ1v) is 0.258. The first kappa shape index (κ1) is 61.8. The molecule has 0 aromatic rings. The predicted molar refractivity (Wildman–Crippen MR) is 19.5 cm³/mol. The maximum Gasteiger partial charge on any atom is 0.0462 e. The minimum absolute atomic E-state index is 0. The van der Waals surface area contributed by atoms with Gasteiger partial charge in [0.05, 0.1) is 0 Å². The Morgan fingerprint density at radius 1 is 1.00 bits per heavy atom. The molecule has 0 atom stereocenters. The SMILES string of the molecule is C#N.[Au].[CH3-].[CH3-]. The average Bonchev–Trinajstić information content (AvgIpc) is 1.00. The Kier molecular flexibility index (Phi) is 10300. The van der Waals surface area contributed by atoms with Gasteiger partial charge >= 0.3 is 0 Å². The Balaban J connectivity index is -0.00000000167. The van der Waals surface area contributed by atoms with Gasteiger partial charge in [0, 0.05) is 29.0 Å². The number of hydrogen-bond donors (Lipinski definition) is 0. The van der Waals surface area contributed by atoms with E-state index in [4.69, 9.17) is 5.26 Å². The molecule has 0 unspecified atom stereocenters. The summed E-state index contributed by atoms with van der Waals surface area (Å²) in [6.45, 7) is 3.50. The molecule has 0 amide bonds. The Hall–Kier alpha value is 0.230. The summed E-state index contributed by atoms with van der Waals surface area (Å²) in [4.78, 5) is 0. The van der Waals surface area contributed by atoms with Gasteiger partial charge in [-0.1, -0.05) is 0 Å². The van der Waals surface area contributed by atoms with E-state index in [9.17, 15) is 0 Å². The fraction of sp³-hybridized carbons (Fsp3) is 0. The smallest absolute Gasteiger partial charge is 0.0462 e. The molecule has 0 heterocycles. The number of rotatable bonds is 0. The minimum atomic E-state index is 0. The second-order valence-corrected chi connectivity index (χ2v) is 0. The van der Waals surface area contributed by atoms with Crippen LogP contribution in [0.2, 0.25) is 0 Å². The van der Waals surface area contributed by atoms with Crippen LogP contribution in [-0.4, -0.2) is 0 Å². The van der Waals surface area contributed by atoms with Crippen molar-refractivity contribution in [3.63, 3.8) is 0 Å². The van der Waals surface area contributed by atoms with Gasteiger partial charge in [0.15, 0.2) is 0 Å². The second-order valence-electron chi connectivity index (χ2n) is 0. The van der Waals surface area contributed by atoms with Gasteiger partial charge in [0.1, 0.15) is 0 Å². The summed E-state index contributed by atoms with van der Waals surface area (Å²) in [7, 11) is 0. The van der Waals surface area contributed by atoms with Gasteiger partial charge < -0.3 is 14.9 Å². The molecule has 0 saturated heterocycles. The van der Waals surface area contributed by atoms with E-state index in [0.29, 0.717) is 0 Å². The molecule has 2 heteroatoms. The van der Waals surface area contributed by atoms with E-state index in [2.05, 4.69) is 6.57 Å². The molecule has 0 saturated carbocycles. The molecule has 5 heavy (non-hydrogen) atoms. The van der Waals surface area contributed by atoms with Gasteiger partial charge in [-0.3, -0.25) is 0 Å². The fourth-order valence-electron chi connectivity index (χ4n) is 0. The third-order valence-electron chi connectivity index (χ3n) is 0. The molecule has 0 rings (SSSR count). The van der Waals surface area contributed by atoms with E-state index in [-0.39, 0.29) is 37.2 Å². The standard InChI is InChI=1S/CHN.2CH3.Au/c1-2;;;/h1H;2*1H3;/q;2*-1;. The molecule has 0 aliphatic carbocycles. The van der Waals surface area contributed by atoms with Crippen molar-refractivity contribution >= 4 is 0 Å². The quantitative estimate of drug-likeness (QED) is 0.468. The summed E-state index contributed by atoms with van der Waals surface area (Å²) in [5.74, 6) is 0. The van der Waals surface area contributed by atoms with E-state index < -0.39 is 0 Å². The van der Waals surface area contributed by atoms with Crippen LogP contribution in [0.1, 0.15) is 0 Å².